The van der Waals surface area contributed by atoms with Gasteiger partial charge in [0.25, 0.3) is 5.91 Å². The predicted molar refractivity (Wildman–Crippen MR) is 122 cm³/mol. The Bertz CT molecular complexity index is 1150. The van der Waals surface area contributed by atoms with Crippen LogP contribution in [0.4, 0.5) is 0 Å². The topological polar surface area (TPSA) is 92.9 Å². The number of phenols is 1. The second kappa shape index (κ2) is 9.61. The maximum Gasteiger partial charge on any atom is 0.338 e. The van der Waals surface area contributed by atoms with Crippen LogP contribution in [0.15, 0.2) is 58.1 Å². The van der Waals surface area contributed by atoms with E-state index in [-0.39, 0.29) is 17.3 Å². The van der Waals surface area contributed by atoms with Crippen LogP contribution >= 0.6 is 15.9 Å². The molecule has 0 bridgehead atoms. The number of ether oxygens (including phenoxy) is 1. The molecule has 0 saturated heterocycles. The standard InChI is InChI=1S/C23H22BrN3O4/c1-4-31-23(30)16-5-8-19(9-6-16)27-14(2)11-17(15(27)3)13-25-26-22(29)20-12-18(24)7-10-21(20)28/h5-13,28H,4H2,1-3H3,(H,26,29)/b25-13-. The molecule has 2 aromatic carbocycles. The van der Waals surface area contributed by atoms with Crippen LogP contribution in [0.25, 0.3) is 5.69 Å². The smallest absolute Gasteiger partial charge is 0.338 e. The SMILES string of the molecule is CCOC(=O)c1ccc(-n2c(C)cc(/C=N\NC(=O)c3cc(Br)ccc3O)c2C)cc1. The highest BCUT2D eigenvalue weighted by Gasteiger charge is 2.13. The van der Waals surface area contributed by atoms with Crippen LogP contribution < -0.4 is 5.43 Å². The number of amides is 1. The summed E-state index contributed by atoms with van der Waals surface area (Å²) in [7, 11) is 0. The van der Waals surface area contributed by atoms with Crippen molar-refractivity contribution in [2.75, 3.05) is 6.61 Å². The zero-order valence-corrected chi connectivity index (χ0v) is 18.9. The molecule has 1 amide bonds. The number of aromatic hydroxyl groups is 1. The van der Waals surface area contributed by atoms with E-state index >= 15 is 0 Å². The molecule has 160 valence electrons. The highest BCUT2D eigenvalue weighted by Crippen LogP contribution is 2.22. The van der Waals surface area contributed by atoms with Gasteiger partial charge in [-0.15, -0.1) is 0 Å². The largest absolute Gasteiger partial charge is 0.507 e. The van der Waals surface area contributed by atoms with E-state index in [0.717, 1.165) is 22.6 Å². The van der Waals surface area contributed by atoms with Crippen molar-refractivity contribution in [3.05, 3.63) is 81.1 Å². The molecule has 0 fully saturated rings. The molecule has 0 radical (unpaired) electrons. The fourth-order valence-electron chi connectivity index (χ4n) is 3.19. The fourth-order valence-corrected chi connectivity index (χ4v) is 3.55. The third kappa shape index (κ3) is 5.03. The van der Waals surface area contributed by atoms with Gasteiger partial charge in [0.2, 0.25) is 0 Å². The van der Waals surface area contributed by atoms with Gasteiger partial charge in [0.1, 0.15) is 5.75 Å². The minimum absolute atomic E-state index is 0.124. The average Bonchev–Trinajstić information content (AvgIpc) is 3.03. The first-order chi connectivity index (χ1) is 14.8. The number of phenolic OH excluding ortho intramolecular Hbond substituents is 1. The van der Waals surface area contributed by atoms with Gasteiger partial charge in [0.05, 0.1) is 23.9 Å². The van der Waals surface area contributed by atoms with Crippen LogP contribution in [0, 0.1) is 13.8 Å². The third-order valence-corrected chi connectivity index (χ3v) is 5.17. The highest BCUT2D eigenvalue weighted by atomic mass is 79.9. The van der Waals surface area contributed by atoms with E-state index < -0.39 is 5.91 Å². The van der Waals surface area contributed by atoms with Crippen LogP contribution in [0.3, 0.4) is 0 Å². The quantitative estimate of drug-likeness (QED) is 0.306. The number of rotatable bonds is 6. The Morgan fingerprint density at radius 2 is 1.87 bits per heavy atom. The second-order valence-electron chi connectivity index (χ2n) is 6.79. The molecule has 0 unspecified atom stereocenters. The number of carbonyl (C=O) groups excluding carboxylic acids is 2. The molecule has 0 spiro atoms. The summed E-state index contributed by atoms with van der Waals surface area (Å²) in [5.41, 5.74) is 6.66. The van der Waals surface area contributed by atoms with Crippen LogP contribution in [0.1, 0.15) is 44.6 Å². The first-order valence-electron chi connectivity index (χ1n) is 9.60. The number of nitrogens with zero attached hydrogens (tertiary/aromatic N) is 2. The lowest BCUT2D eigenvalue weighted by Crippen LogP contribution is -2.17. The van der Waals surface area contributed by atoms with E-state index in [9.17, 15) is 14.7 Å². The van der Waals surface area contributed by atoms with E-state index in [4.69, 9.17) is 4.74 Å². The predicted octanol–water partition coefficient (Wildman–Crippen LogP) is 4.50. The number of aromatic nitrogens is 1. The van der Waals surface area contributed by atoms with Crippen LogP contribution in [0.2, 0.25) is 0 Å². The van der Waals surface area contributed by atoms with E-state index in [1.807, 2.05) is 36.6 Å². The Labute approximate surface area is 188 Å². The minimum atomic E-state index is -0.515. The number of esters is 1. The number of carbonyl (C=O) groups is 2. The molecule has 3 aromatic rings. The number of halogens is 1. The molecule has 0 aliphatic heterocycles. The number of hydrazone groups is 1. The van der Waals surface area contributed by atoms with Gasteiger partial charge in [-0.2, -0.15) is 5.10 Å². The first kappa shape index (κ1) is 22.3. The van der Waals surface area contributed by atoms with Crippen molar-refractivity contribution in [1.29, 1.82) is 0 Å². The number of aryl methyl sites for hydroxylation is 1. The molecule has 8 heteroatoms. The van der Waals surface area contributed by atoms with Crippen molar-refractivity contribution in [2.45, 2.75) is 20.8 Å². The number of nitrogens with one attached hydrogen (secondary N) is 1. The van der Waals surface area contributed by atoms with Gasteiger partial charge in [-0.1, -0.05) is 15.9 Å². The van der Waals surface area contributed by atoms with Crippen molar-refractivity contribution in [3.63, 3.8) is 0 Å². The lowest BCUT2D eigenvalue weighted by molar-refractivity contribution is 0.0526. The Morgan fingerprint density at radius 1 is 1.16 bits per heavy atom. The van der Waals surface area contributed by atoms with Gasteiger partial charge in [-0.05, 0) is 69.3 Å². The normalized spacial score (nSPS) is 11.0. The summed E-state index contributed by atoms with van der Waals surface area (Å²) < 4.78 is 7.72. The molecule has 1 heterocycles. The number of hydrogen-bond acceptors (Lipinski definition) is 5. The van der Waals surface area contributed by atoms with Crippen LogP contribution in [0.5, 0.6) is 5.75 Å². The molecule has 2 N–H and O–H groups in total. The summed E-state index contributed by atoms with van der Waals surface area (Å²) in [6.07, 6.45) is 1.55. The summed E-state index contributed by atoms with van der Waals surface area (Å²) in [5.74, 6) is -0.992. The number of hydrogen-bond donors (Lipinski definition) is 2. The molecular formula is C23H22BrN3O4. The lowest BCUT2D eigenvalue weighted by Gasteiger charge is -2.10. The Balaban J connectivity index is 1.77. The van der Waals surface area contributed by atoms with Gasteiger partial charge in [-0.25, -0.2) is 10.2 Å². The first-order valence-corrected chi connectivity index (χ1v) is 10.4. The van der Waals surface area contributed by atoms with Gasteiger partial charge in [0, 0.05) is 27.1 Å². The molecule has 31 heavy (non-hydrogen) atoms. The Kier molecular flexibility index (Phi) is 6.91. The summed E-state index contributed by atoms with van der Waals surface area (Å²) in [4.78, 5) is 24.1. The van der Waals surface area contributed by atoms with E-state index in [1.54, 1.807) is 31.3 Å². The van der Waals surface area contributed by atoms with E-state index in [1.165, 1.54) is 12.1 Å². The highest BCUT2D eigenvalue weighted by molar-refractivity contribution is 9.10. The van der Waals surface area contributed by atoms with Gasteiger partial charge < -0.3 is 14.4 Å². The molecular weight excluding hydrogens is 462 g/mol. The molecule has 0 aliphatic carbocycles. The maximum absolute atomic E-state index is 12.3. The van der Waals surface area contributed by atoms with Crippen molar-refractivity contribution < 1.29 is 19.4 Å². The monoisotopic (exact) mass is 483 g/mol. The summed E-state index contributed by atoms with van der Waals surface area (Å²) in [6, 6.07) is 13.7. The van der Waals surface area contributed by atoms with Gasteiger partial charge in [-0.3, -0.25) is 4.79 Å². The zero-order chi connectivity index (χ0) is 22.5. The van der Waals surface area contributed by atoms with Crippen molar-refractivity contribution in [1.82, 2.24) is 9.99 Å². The molecule has 3 rings (SSSR count). The summed E-state index contributed by atoms with van der Waals surface area (Å²) in [6.45, 7) is 6.00. The van der Waals surface area contributed by atoms with Crippen LogP contribution in [-0.2, 0) is 4.74 Å². The average molecular weight is 484 g/mol. The van der Waals surface area contributed by atoms with Crippen molar-refractivity contribution >= 4 is 34.0 Å². The second-order valence-corrected chi connectivity index (χ2v) is 7.71. The minimum Gasteiger partial charge on any atom is -0.507 e. The molecule has 0 aliphatic rings. The lowest BCUT2D eigenvalue weighted by atomic mass is 10.2. The molecule has 0 saturated carbocycles. The van der Waals surface area contributed by atoms with Crippen LogP contribution in [-0.4, -0.2) is 34.4 Å². The maximum atomic E-state index is 12.3. The zero-order valence-electron chi connectivity index (χ0n) is 17.3. The third-order valence-electron chi connectivity index (χ3n) is 4.68. The Morgan fingerprint density at radius 3 is 2.55 bits per heavy atom. The molecule has 1 aromatic heterocycles. The summed E-state index contributed by atoms with van der Waals surface area (Å²) >= 11 is 3.27. The fraction of sp³-hybridized carbons (Fsp3) is 0.174. The van der Waals surface area contributed by atoms with Crippen molar-refractivity contribution in [2.24, 2.45) is 5.10 Å². The van der Waals surface area contributed by atoms with Gasteiger partial charge in [0.15, 0.2) is 0 Å². The van der Waals surface area contributed by atoms with Gasteiger partial charge >= 0.3 is 5.97 Å². The Hall–Kier alpha value is -3.39. The molecule has 0 atom stereocenters. The van der Waals surface area contributed by atoms with Crippen molar-refractivity contribution in [3.8, 4) is 11.4 Å². The van der Waals surface area contributed by atoms with E-state index in [0.29, 0.717) is 16.6 Å². The molecule has 7 nitrogen and oxygen atoms in total. The number of benzene rings is 2. The van der Waals surface area contributed by atoms with E-state index in [2.05, 4.69) is 26.5 Å². The summed E-state index contributed by atoms with van der Waals surface area (Å²) in [5, 5.41) is 13.9.